The summed E-state index contributed by atoms with van der Waals surface area (Å²) in [5, 5.41) is 0.197. The van der Waals surface area contributed by atoms with E-state index < -0.39 is 18.4 Å². The number of nitrogens with zero attached hydrogens (tertiary/aromatic N) is 2. The predicted molar refractivity (Wildman–Crippen MR) is 163 cm³/mol. The maximum atomic E-state index is 14.1. The lowest BCUT2D eigenvalue weighted by Crippen LogP contribution is -2.18. The molecule has 0 atom stereocenters. The number of benzene rings is 2. The number of amides is 1. The fourth-order valence-electron chi connectivity index (χ4n) is 4.79. The van der Waals surface area contributed by atoms with Gasteiger partial charge < -0.3 is 9.64 Å². The number of hydrogen-bond acceptors (Lipinski definition) is 3. The first-order valence-corrected chi connectivity index (χ1v) is 14.4. The molecule has 0 saturated heterocycles. The lowest BCUT2D eigenvalue weighted by Gasteiger charge is -2.21. The molecule has 3 aromatic rings. The Labute approximate surface area is 258 Å². The summed E-state index contributed by atoms with van der Waals surface area (Å²) in [4.78, 5) is 17.5. The summed E-state index contributed by atoms with van der Waals surface area (Å²) in [6.45, 7) is 0.376. The number of unbranched alkanes of at least 4 members (excludes halogenated alkanes) is 2. The van der Waals surface area contributed by atoms with Crippen LogP contribution in [0.5, 0.6) is 5.88 Å². The average molecular weight is 634 g/mol. The maximum absolute atomic E-state index is 14.1. The number of halogens is 6. The molecular formula is C33H30Cl2F4N2O2. The van der Waals surface area contributed by atoms with E-state index >= 15 is 0 Å². The summed E-state index contributed by atoms with van der Waals surface area (Å²) in [7, 11) is 3.37. The van der Waals surface area contributed by atoms with Crippen molar-refractivity contribution in [3.8, 4) is 5.88 Å². The second-order valence-electron chi connectivity index (χ2n) is 10.3. The molecular weight excluding hydrogens is 603 g/mol. The van der Waals surface area contributed by atoms with Crippen molar-refractivity contribution in [1.29, 1.82) is 0 Å². The van der Waals surface area contributed by atoms with Crippen molar-refractivity contribution in [1.82, 2.24) is 9.88 Å². The van der Waals surface area contributed by atoms with Crippen LogP contribution in [0.15, 0.2) is 78.5 Å². The van der Waals surface area contributed by atoms with Crippen LogP contribution in [-0.4, -0.2) is 42.7 Å². The molecule has 0 aliphatic heterocycles. The van der Waals surface area contributed by atoms with E-state index in [0.717, 1.165) is 36.1 Å². The van der Waals surface area contributed by atoms with Crippen LogP contribution in [0.1, 0.15) is 47.9 Å². The largest absolute Gasteiger partial charge is 0.478 e. The summed E-state index contributed by atoms with van der Waals surface area (Å²) in [6.07, 6.45) is 1.43. The highest BCUT2D eigenvalue weighted by Crippen LogP contribution is 2.48. The molecule has 226 valence electrons. The van der Waals surface area contributed by atoms with Gasteiger partial charge in [0.2, 0.25) is 11.8 Å². The van der Waals surface area contributed by atoms with Gasteiger partial charge in [0.25, 0.3) is 0 Å². The van der Waals surface area contributed by atoms with Crippen molar-refractivity contribution in [3.05, 3.63) is 112 Å². The van der Waals surface area contributed by atoms with Crippen LogP contribution in [0.2, 0.25) is 5.02 Å². The van der Waals surface area contributed by atoms with Gasteiger partial charge in [0.15, 0.2) is 0 Å². The van der Waals surface area contributed by atoms with Crippen molar-refractivity contribution in [2.45, 2.75) is 38.3 Å². The number of rotatable bonds is 11. The third-order valence-electron chi connectivity index (χ3n) is 6.86. The fourth-order valence-corrected chi connectivity index (χ4v) is 5.42. The quantitative estimate of drug-likeness (QED) is 0.120. The van der Waals surface area contributed by atoms with Crippen LogP contribution in [0.25, 0.3) is 16.2 Å². The van der Waals surface area contributed by atoms with Gasteiger partial charge in [-0.2, -0.15) is 13.2 Å². The molecule has 0 radical (unpaired) electrons. The molecule has 0 fully saturated rings. The smallest absolute Gasteiger partial charge is 0.393 e. The molecule has 0 spiro atoms. The number of allylic oxidation sites excluding steroid dienone is 4. The van der Waals surface area contributed by atoms with E-state index in [1.54, 1.807) is 26.2 Å². The minimum absolute atomic E-state index is 0.0602. The third kappa shape index (κ3) is 8.48. The van der Waals surface area contributed by atoms with Gasteiger partial charge >= 0.3 is 6.18 Å². The normalized spacial score (nSPS) is 13.8. The highest BCUT2D eigenvalue weighted by molar-refractivity contribution is 6.51. The minimum atomic E-state index is -4.60. The topological polar surface area (TPSA) is 42.4 Å². The molecule has 43 heavy (non-hydrogen) atoms. The van der Waals surface area contributed by atoms with Crippen molar-refractivity contribution in [2.24, 2.45) is 0 Å². The second-order valence-corrected chi connectivity index (χ2v) is 11.0. The number of aromatic nitrogens is 1. The van der Waals surface area contributed by atoms with Gasteiger partial charge in [-0.1, -0.05) is 59.6 Å². The van der Waals surface area contributed by atoms with E-state index in [9.17, 15) is 22.4 Å². The molecule has 4 nitrogen and oxygen atoms in total. The number of fused-ring (bicyclic) bond motifs is 1. The highest BCUT2D eigenvalue weighted by atomic mass is 35.5. The Morgan fingerprint density at radius 2 is 1.84 bits per heavy atom. The second kappa shape index (κ2) is 14.2. The van der Waals surface area contributed by atoms with Crippen LogP contribution in [0.4, 0.5) is 17.6 Å². The number of likely N-dealkylation sites (N-methyl/N-ethyl adjacent to an activating group) is 1. The highest BCUT2D eigenvalue weighted by Gasteiger charge is 2.34. The van der Waals surface area contributed by atoms with Crippen LogP contribution >= 0.6 is 23.2 Å². The van der Waals surface area contributed by atoms with Gasteiger partial charge in [0, 0.05) is 38.3 Å². The third-order valence-corrected chi connectivity index (χ3v) is 7.61. The lowest BCUT2D eigenvalue weighted by molar-refractivity contribution is -0.124. The zero-order chi connectivity index (χ0) is 31.1. The Morgan fingerprint density at radius 1 is 1.07 bits per heavy atom. The number of ether oxygens (including phenoxy) is 1. The molecule has 1 aromatic heterocycles. The Bertz CT molecular complexity index is 1560. The predicted octanol–water partition coefficient (Wildman–Crippen LogP) is 9.14. The Hall–Kier alpha value is -3.62. The molecule has 1 aliphatic carbocycles. The van der Waals surface area contributed by atoms with Crippen molar-refractivity contribution < 1.29 is 27.1 Å². The van der Waals surface area contributed by atoms with Gasteiger partial charge in [-0.3, -0.25) is 4.79 Å². The van der Waals surface area contributed by atoms with Gasteiger partial charge in [0.1, 0.15) is 5.82 Å². The van der Waals surface area contributed by atoms with Gasteiger partial charge in [-0.15, -0.1) is 0 Å². The van der Waals surface area contributed by atoms with Gasteiger partial charge in [0.05, 0.1) is 23.1 Å². The van der Waals surface area contributed by atoms with E-state index in [2.05, 4.69) is 4.98 Å². The van der Waals surface area contributed by atoms with E-state index in [-0.39, 0.29) is 27.6 Å². The fraction of sp³-hybridized carbons (Fsp3) is 0.273. The Kier molecular flexibility index (Phi) is 10.7. The zero-order valence-electron chi connectivity index (χ0n) is 23.6. The SMILES string of the molecule is CN(C)C(=O)/C=C/CCCCOc1ccc(/C(C2=C(Cl)c3ccccc3C2)=C(/CC(F)(F)F)c2ccc(F)cc2Cl)cn1. The molecule has 2 aromatic carbocycles. The van der Waals surface area contributed by atoms with Crippen molar-refractivity contribution >= 4 is 45.3 Å². The van der Waals surface area contributed by atoms with E-state index in [1.807, 2.05) is 30.3 Å². The van der Waals surface area contributed by atoms with Crippen LogP contribution in [0, 0.1) is 5.82 Å². The van der Waals surface area contributed by atoms with E-state index in [4.69, 9.17) is 27.9 Å². The molecule has 0 bridgehead atoms. The summed E-state index contributed by atoms with van der Waals surface area (Å²) < 4.78 is 61.8. The Morgan fingerprint density at radius 3 is 2.49 bits per heavy atom. The number of alkyl halides is 3. The number of pyridine rings is 1. The number of carbonyl (C=O) groups is 1. The molecule has 0 saturated carbocycles. The molecule has 4 rings (SSSR count). The average Bonchev–Trinajstić information content (AvgIpc) is 3.28. The first kappa shape index (κ1) is 32.3. The number of hydrogen-bond donors (Lipinski definition) is 0. The van der Waals surface area contributed by atoms with Crippen molar-refractivity contribution in [3.63, 3.8) is 0 Å². The monoisotopic (exact) mass is 632 g/mol. The standard InChI is InChI=1S/C33H30Cl2F4N2O2/c1-41(2)30(42)11-5-3-4-8-16-43-29-15-12-22(20-40-29)31(26-17-21-9-6-7-10-24(21)32(26)35)27(19-33(37,38)39)25-14-13-23(36)18-28(25)34/h5-7,9-15,18,20H,3-4,8,16-17,19H2,1-2H3/b11-5+,31-27+. The minimum Gasteiger partial charge on any atom is -0.478 e. The van der Waals surface area contributed by atoms with E-state index in [1.165, 1.54) is 23.2 Å². The summed E-state index contributed by atoms with van der Waals surface area (Å²) in [6, 6.07) is 13.9. The summed E-state index contributed by atoms with van der Waals surface area (Å²) in [5.74, 6) is -0.422. The summed E-state index contributed by atoms with van der Waals surface area (Å²) >= 11 is 13.1. The van der Waals surface area contributed by atoms with Crippen LogP contribution in [0.3, 0.4) is 0 Å². The molecule has 10 heteroatoms. The first-order chi connectivity index (χ1) is 20.4. The molecule has 1 aliphatic rings. The molecule has 1 amide bonds. The first-order valence-electron chi connectivity index (χ1n) is 13.6. The van der Waals surface area contributed by atoms with Crippen molar-refractivity contribution in [2.75, 3.05) is 20.7 Å². The maximum Gasteiger partial charge on any atom is 0.393 e. The lowest BCUT2D eigenvalue weighted by atomic mass is 9.87. The molecule has 0 N–H and O–H groups in total. The Balaban J connectivity index is 1.65. The van der Waals surface area contributed by atoms with E-state index in [0.29, 0.717) is 41.5 Å². The summed E-state index contributed by atoms with van der Waals surface area (Å²) in [5.41, 5.74) is 2.68. The van der Waals surface area contributed by atoms with Gasteiger partial charge in [-0.05, 0) is 76.9 Å². The van der Waals surface area contributed by atoms with Crippen LogP contribution in [-0.2, 0) is 11.2 Å². The number of carbonyl (C=O) groups excluding carboxylic acids is 1. The molecule has 1 heterocycles. The van der Waals surface area contributed by atoms with Crippen LogP contribution < -0.4 is 4.74 Å². The van der Waals surface area contributed by atoms with Gasteiger partial charge in [-0.25, -0.2) is 9.37 Å². The molecule has 0 unspecified atom stereocenters. The zero-order valence-corrected chi connectivity index (χ0v) is 25.2.